The third-order valence-corrected chi connectivity index (χ3v) is 2.59. The molecule has 0 bridgehead atoms. The van der Waals surface area contributed by atoms with Crippen LogP contribution in [-0.2, 0) is 4.79 Å². The highest BCUT2D eigenvalue weighted by molar-refractivity contribution is 5.83. The van der Waals surface area contributed by atoms with Gasteiger partial charge in [-0.25, -0.2) is 4.79 Å². The van der Waals surface area contributed by atoms with Crippen LogP contribution in [-0.4, -0.2) is 11.0 Å². The molecule has 1 aromatic heterocycles. The smallest absolute Gasteiger partial charge is 0.335 e. The third kappa shape index (κ3) is 3.85. The van der Waals surface area contributed by atoms with Crippen molar-refractivity contribution < 1.29 is 9.53 Å². The summed E-state index contributed by atoms with van der Waals surface area (Å²) in [7, 11) is 0. The molecule has 0 aliphatic heterocycles. The van der Waals surface area contributed by atoms with Crippen molar-refractivity contribution >= 4 is 16.9 Å². The third-order valence-electron chi connectivity index (χ3n) is 2.59. The molecule has 0 unspecified atom stereocenters. The zero-order valence-corrected chi connectivity index (χ0v) is 11.0. The van der Waals surface area contributed by atoms with Gasteiger partial charge in [0.05, 0.1) is 0 Å². The van der Waals surface area contributed by atoms with E-state index in [-0.39, 0.29) is 0 Å². The summed E-state index contributed by atoms with van der Waals surface area (Å²) >= 11 is 0. The molecule has 100 valence electrons. The summed E-state index contributed by atoms with van der Waals surface area (Å²) in [5.74, 6) is 0.105. The summed E-state index contributed by atoms with van der Waals surface area (Å²) in [6.07, 6.45) is 3.08. The van der Waals surface area contributed by atoms with E-state index >= 15 is 0 Å². The molecule has 1 heterocycles. The number of aromatic amines is 1. The van der Waals surface area contributed by atoms with Crippen LogP contribution in [0, 0.1) is 0 Å². The second-order valence-electron chi connectivity index (χ2n) is 4.00. The Bertz CT molecular complexity index is 656. The molecule has 0 saturated carbocycles. The molecule has 0 amide bonds. The molecule has 3 rings (SSSR count). The Morgan fingerprint density at radius 3 is 2.40 bits per heavy atom. The normalized spacial score (nSPS) is 9.40. The zero-order chi connectivity index (χ0) is 14.2. The van der Waals surface area contributed by atoms with Crippen LogP contribution in [0.2, 0.25) is 0 Å². The summed E-state index contributed by atoms with van der Waals surface area (Å²) in [6, 6.07) is 19.1. The average Bonchev–Trinajstić information content (AvgIpc) is 2.97. The van der Waals surface area contributed by atoms with Crippen molar-refractivity contribution in [3.05, 3.63) is 79.5 Å². The number of para-hydroxylation sites is 2. The maximum Gasteiger partial charge on any atom is 0.335 e. The average molecular weight is 265 g/mol. The second-order valence-corrected chi connectivity index (χ2v) is 4.00. The van der Waals surface area contributed by atoms with E-state index in [1.165, 1.54) is 10.9 Å². The van der Waals surface area contributed by atoms with Crippen molar-refractivity contribution in [1.29, 1.82) is 0 Å². The van der Waals surface area contributed by atoms with Crippen LogP contribution in [0.4, 0.5) is 0 Å². The predicted octanol–water partition coefficient (Wildman–Crippen LogP) is 3.95. The van der Waals surface area contributed by atoms with Gasteiger partial charge in [-0.05, 0) is 29.7 Å². The summed E-state index contributed by atoms with van der Waals surface area (Å²) < 4.78 is 4.81. The van der Waals surface area contributed by atoms with E-state index in [0.717, 1.165) is 6.08 Å². The van der Waals surface area contributed by atoms with Gasteiger partial charge >= 0.3 is 5.97 Å². The maximum atomic E-state index is 10.6. The minimum atomic E-state index is -0.434. The number of hydrogen-bond donors (Lipinski definition) is 1. The highest BCUT2D eigenvalue weighted by atomic mass is 16.5. The Balaban J connectivity index is 0.000000149. The minimum absolute atomic E-state index is 0.434. The van der Waals surface area contributed by atoms with E-state index in [1.807, 2.05) is 24.4 Å². The fourth-order valence-electron chi connectivity index (χ4n) is 1.64. The number of ether oxygens (including phenoxy) is 1. The van der Waals surface area contributed by atoms with Crippen LogP contribution in [0.5, 0.6) is 5.75 Å². The molecule has 0 fully saturated rings. The fourth-order valence-corrected chi connectivity index (χ4v) is 1.64. The number of esters is 1. The van der Waals surface area contributed by atoms with E-state index in [1.54, 1.807) is 24.3 Å². The van der Waals surface area contributed by atoms with Crippen LogP contribution < -0.4 is 4.74 Å². The molecule has 0 aliphatic rings. The first kappa shape index (κ1) is 13.6. The van der Waals surface area contributed by atoms with Gasteiger partial charge in [0.15, 0.2) is 0 Å². The van der Waals surface area contributed by atoms with E-state index in [0.29, 0.717) is 5.75 Å². The Labute approximate surface area is 117 Å². The fraction of sp³-hybridized carbons (Fsp3) is 0. The number of carbonyl (C=O) groups excluding carboxylic acids is 1. The molecule has 0 spiro atoms. The van der Waals surface area contributed by atoms with Crippen molar-refractivity contribution in [1.82, 2.24) is 4.98 Å². The molecule has 0 saturated heterocycles. The summed E-state index contributed by atoms with van der Waals surface area (Å²) in [4.78, 5) is 13.8. The van der Waals surface area contributed by atoms with Crippen molar-refractivity contribution in [3.8, 4) is 5.75 Å². The Hall–Kier alpha value is -2.81. The minimum Gasteiger partial charge on any atom is -0.423 e. The van der Waals surface area contributed by atoms with Gasteiger partial charge in [-0.15, -0.1) is 0 Å². The Morgan fingerprint density at radius 2 is 1.70 bits per heavy atom. The van der Waals surface area contributed by atoms with Crippen molar-refractivity contribution in [2.75, 3.05) is 0 Å². The van der Waals surface area contributed by atoms with Crippen molar-refractivity contribution in [2.45, 2.75) is 0 Å². The number of carbonyl (C=O) groups is 1. The molecule has 3 nitrogen and oxygen atoms in total. The van der Waals surface area contributed by atoms with Gasteiger partial charge in [-0.3, -0.25) is 0 Å². The summed E-state index contributed by atoms with van der Waals surface area (Å²) in [5.41, 5.74) is 1.21. The molecule has 0 aliphatic carbocycles. The van der Waals surface area contributed by atoms with Gasteiger partial charge in [-0.2, -0.15) is 0 Å². The molecule has 0 radical (unpaired) electrons. The molecular formula is C17H15NO2. The number of fused-ring (bicyclic) bond motifs is 1. The van der Waals surface area contributed by atoms with Crippen LogP contribution in [0.15, 0.2) is 79.5 Å². The quantitative estimate of drug-likeness (QED) is 0.433. The molecule has 3 aromatic rings. The number of hydrogen-bond acceptors (Lipinski definition) is 2. The molecule has 1 N–H and O–H groups in total. The Kier molecular flexibility index (Phi) is 4.73. The predicted molar refractivity (Wildman–Crippen MR) is 80.6 cm³/mol. The highest BCUT2D eigenvalue weighted by Crippen LogP contribution is 2.09. The zero-order valence-electron chi connectivity index (χ0n) is 11.0. The van der Waals surface area contributed by atoms with Crippen LogP contribution in [0.25, 0.3) is 10.9 Å². The van der Waals surface area contributed by atoms with Gasteiger partial charge < -0.3 is 9.72 Å². The monoisotopic (exact) mass is 265 g/mol. The SMILES string of the molecule is C=CC(=O)Oc1ccccc1.c1ccc2[nH]ccc2c1. The van der Waals surface area contributed by atoms with Gasteiger partial charge in [-0.1, -0.05) is 43.0 Å². The maximum absolute atomic E-state index is 10.6. The standard InChI is InChI=1S/C9H8O2.C8H7N/c1-2-9(10)11-8-6-4-3-5-7-8;1-2-4-8-7(3-1)5-6-9-8/h2-7H,1H2;1-6,9H. The van der Waals surface area contributed by atoms with E-state index in [2.05, 4.69) is 29.8 Å². The first-order chi connectivity index (χ1) is 9.79. The van der Waals surface area contributed by atoms with Gasteiger partial charge in [0.25, 0.3) is 0 Å². The van der Waals surface area contributed by atoms with Gasteiger partial charge in [0.2, 0.25) is 0 Å². The highest BCUT2D eigenvalue weighted by Gasteiger charge is 1.95. The molecule has 20 heavy (non-hydrogen) atoms. The summed E-state index contributed by atoms with van der Waals surface area (Å²) in [6.45, 7) is 3.28. The lowest BCUT2D eigenvalue weighted by atomic mass is 10.3. The van der Waals surface area contributed by atoms with E-state index < -0.39 is 5.97 Å². The van der Waals surface area contributed by atoms with E-state index in [9.17, 15) is 4.79 Å². The van der Waals surface area contributed by atoms with Crippen LogP contribution in [0.1, 0.15) is 0 Å². The number of nitrogens with one attached hydrogen (secondary N) is 1. The van der Waals surface area contributed by atoms with Crippen LogP contribution in [0.3, 0.4) is 0 Å². The number of rotatable bonds is 2. The van der Waals surface area contributed by atoms with Gasteiger partial charge in [0, 0.05) is 17.8 Å². The second kappa shape index (κ2) is 6.95. The topological polar surface area (TPSA) is 42.1 Å². The van der Waals surface area contributed by atoms with Crippen molar-refractivity contribution in [3.63, 3.8) is 0 Å². The first-order valence-electron chi connectivity index (χ1n) is 6.21. The number of aromatic nitrogens is 1. The number of benzene rings is 2. The molecule has 2 aromatic carbocycles. The Morgan fingerprint density at radius 1 is 1.00 bits per heavy atom. The van der Waals surface area contributed by atoms with Gasteiger partial charge in [0.1, 0.15) is 5.75 Å². The first-order valence-corrected chi connectivity index (χ1v) is 6.21. The van der Waals surface area contributed by atoms with Crippen molar-refractivity contribution in [2.24, 2.45) is 0 Å². The largest absolute Gasteiger partial charge is 0.423 e. The molecule has 0 atom stereocenters. The molecular weight excluding hydrogens is 250 g/mol. The molecule has 3 heteroatoms. The van der Waals surface area contributed by atoms with Crippen LogP contribution >= 0.6 is 0 Å². The lowest BCUT2D eigenvalue weighted by molar-refractivity contribution is -0.128. The lowest BCUT2D eigenvalue weighted by Gasteiger charge is -1.98. The number of H-pyrrole nitrogens is 1. The summed E-state index contributed by atoms with van der Waals surface area (Å²) in [5, 5.41) is 1.28. The lowest BCUT2D eigenvalue weighted by Crippen LogP contribution is -2.02. The van der Waals surface area contributed by atoms with E-state index in [4.69, 9.17) is 4.74 Å².